The van der Waals surface area contributed by atoms with Crippen molar-refractivity contribution in [3.05, 3.63) is 58.9 Å². The topological polar surface area (TPSA) is 42.4 Å². The quantitative estimate of drug-likeness (QED) is 0.769. The van der Waals surface area contributed by atoms with Gasteiger partial charge in [-0.1, -0.05) is 11.6 Å². The van der Waals surface area contributed by atoms with E-state index < -0.39 is 0 Å². The standard InChI is InChI=1S/C16H17ClN2O2/c1-19(10-12-5-7-18-8-6-12)11-15(20)13-3-4-16(21-2)14(17)9-13/h3-9H,10-11H2,1-2H3. The van der Waals surface area contributed by atoms with Gasteiger partial charge in [0.15, 0.2) is 5.78 Å². The first-order valence-corrected chi connectivity index (χ1v) is 6.92. The maximum absolute atomic E-state index is 12.2. The summed E-state index contributed by atoms with van der Waals surface area (Å²) in [6.45, 7) is 1.02. The Balaban J connectivity index is 1.99. The lowest BCUT2D eigenvalue weighted by Gasteiger charge is -2.16. The monoisotopic (exact) mass is 304 g/mol. The molecule has 4 nitrogen and oxygen atoms in total. The SMILES string of the molecule is COc1ccc(C(=O)CN(C)Cc2ccncc2)cc1Cl. The van der Waals surface area contributed by atoms with Crippen molar-refractivity contribution in [2.45, 2.75) is 6.54 Å². The molecule has 0 fully saturated rings. The zero-order valence-electron chi connectivity index (χ0n) is 12.0. The van der Waals surface area contributed by atoms with Crippen LogP contribution in [0.4, 0.5) is 0 Å². The summed E-state index contributed by atoms with van der Waals surface area (Å²) < 4.78 is 5.08. The van der Waals surface area contributed by atoms with Crippen LogP contribution in [0, 0.1) is 0 Å². The summed E-state index contributed by atoms with van der Waals surface area (Å²) >= 11 is 6.04. The summed E-state index contributed by atoms with van der Waals surface area (Å²) in [5, 5.41) is 0.445. The Morgan fingerprint density at radius 2 is 2.00 bits per heavy atom. The maximum atomic E-state index is 12.2. The number of halogens is 1. The molecule has 0 saturated heterocycles. The van der Waals surface area contributed by atoms with E-state index in [1.807, 2.05) is 24.1 Å². The largest absolute Gasteiger partial charge is 0.495 e. The Bertz CT molecular complexity index is 617. The number of Topliss-reactive ketones (excluding diaryl/α,β-unsaturated/α-hetero) is 1. The van der Waals surface area contributed by atoms with E-state index in [1.165, 1.54) is 0 Å². The van der Waals surface area contributed by atoms with E-state index in [0.717, 1.165) is 5.56 Å². The molecular weight excluding hydrogens is 288 g/mol. The van der Waals surface area contributed by atoms with Crippen molar-refractivity contribution >= 4 is 17.4 Å². The number of pyridine rings is 1. The number of methoxy groups -OCH3 is 1. The van der Waals surface area contributed by atoms with Crippen LogP contribution in [0.25, 0.3) is 0 Å². The van der Waals surface area contributed by atoms with Crippen LogP contribution in [0.1, 0.15) is 15.9 Å². The minimum atomic E-state index is 0.0242. The molecule has 0 saturated carbocycles. The molecule has 0 unspecified atom stereocenters. The first kappa shape index (κ1) is 15.5. The second kappa shape index (κ2) is 7.20. The van der Waals surface area contributed by atoms with E-state index in [2.05, 4.69) is 4.98 Å². The number of benzene rings is 1. The molecule has 0 bridgehead atoms. The molecule has 110 valence electrons. The van der Waals surface area contributed by atoms with Crippen LogP contribution in [0.2, 0.25) is 5.02 Å². The Kier molecular flexibility index (Phi) is 5.31. The molecule has 0 radical (unpaired) electrons. The van der Waals surface area contributed by atoms with Crippen LogP contribution in [-0.4, -0.2) is 36.4 Å². The van der Waals surface area contributed by atoms with E-state index in [1.54, 1.807) is 37.7 Å². The number of hydrogen-bond acceptors (Lipinski definition) is 4. The molecule has 0 aliphatic rings. The molecule has 0 spiro atoms. The molecule has 21 heavy (non-hydrogen) atoms. The van der Waals surface area contributed by atoms with Crippen LogP contribution in [0.5, 0.6) is 5.75 Å². The third-order valence-corrected chi connectivity index (χ3v) is 3.38. The molecule has 0 amide bonds. The van der Waals surface area contributed by atoms with Gasteiger partial charge in [-0.2, -0.15) is 0 Å². The van der Waals surface area contributed by atoms with E-state index in [0.29, 0.717) is 29.4 Å². The highest BCUT2D eigenvalue weighted by atomic mass is 35.5. The lowest BCUT2D eigenvalue weighted by Crippen LogP contribution is -2.25. The molecule has 0 atom stereocenters. The van der Waals surface area contributed by atoms with Crippen molar-refractivity contribution in [2.75, 3.05) is 20.7 Å². The van der Waals surface area contributed by atoms with E-state index in [-0.39, 0.29) is 5.78 Å². The third-order valence-electron chi connectivity index (χ3n) is 3.09. The van der Waals surface area contributed by atoms with Crippen LogP contribution < -0.4 is 4.74 Å². The minimum Gasteiger partial charge on any atom is -0.495 e. The number of carbonyl (C=O) groups is 1. The van der Waals surface area contributed by atoms with Crippen LogP contribution in [-0.2, 0) is 6.54 Å². The Labute approximate surface area is 129 Å². The average Bonchev–Trinajstić information content (AvgIpc) is 2.48. The number of nitrogens with zero attached hydrogens (tertiary/aromatic N) is 2. The van der Waals surface area contributed by atoms with E-state index >= 15 is 0 Å². The van der Waals surface area contributed by atoms with E-state index in [9.17, 15) is 4.79 Å². The second-order valence-electron chi connectivity index (χ2n) is 4.80. The number of likely N-dealkylation sites (N-methyl/N-ethyl adjacent to an activating group) is 1. The maximum Gasteiger partial charge on any atom is 0.176 e. The number of ketones is 1. The van der Waals surface area contributed by atoms with Crippen molar-refractivity contribution in [2.24, 2.45) is 0 Å². The summed E-state index contributed by atoms with van der Waals surface area (Å²) in [7, 11) is 3.45. The summed E-state index contributed by atoms with van der Waals surface area (Å²) in [5.74, 6) is 0.592. The number of aromatic nitrogens is 1. The highest BCUT2D eigenvalue weighted by molar-refractivity contribution is 6.32. The molecule has 1 aromatic carbocycles. The Hall–Kier alpha value is -1.91. The summed E-state index contributed by atoms with van der Waals surface area (Å²) in [6, 6.07) is 8.95. The molecule has 2 rings (SSSR count). The average molecular weight is 305 g/mol. The van der Waals surface area contributed by atoms with Gasteiger partial charge in [-0.3, -0.25) is 14.7 Å². The molecule has 5 heteroatoms. The molecule has 2 aromatic rings. The molecular formula is C16H17ClN2O2. The van der Waals surface area contributed by atoms with Crippen molar-refractivity contribution in [1.29, 1.82) is 0 Å². The lowest BCUT2D eigenvalue weighted by molar-refractivity contribution is 0.0943. The number of carbonyl (C=O) groups excluding carboxylic acids is 1. The van der Waals surface area contributed by atoms with Gasteiger partial charge < -0.3 is 4.74 Å². The highest BCUT2D eigenvalue weighted by Crippen LogP contribution is 2.25. The van der Waals surface area contributed by atoms with Gasteiger partial charge in [0, 0.05) is 24.5 Å². The summed E-state index contributed by atoms with van der Waals surface area (Å²) in [4.78, 5) is 18.2. The first-order valence-electron chi connectivity index (χ1n) is 6.54. The highest BCUT2D eigenvalue weighted by Gasteiger charge is 2.12. The van der Waals surface area contributed by atoms with E-state index in [4.69, 9.17) is 16.3 Å². The van der Waals surface area contributed by atoms with Gasteiger partial charge in [-0.05, 0) is 42.9 Å². The van der Waals surface area contributed by atoms with Gasteiger partial charge >= 0.3 is 0 Å². The van der Waals surface area contributed by atoms with Gasteiger partial charge in [-0.15, -0.1) is 0 Å². The molecule has 0 N–H and O–H groups in total. The molecule has 0 aliphatic carbocycles. The van der Waals surface area contributed by atoms with Crippen LogP contribution >= 0.6 is 11.6 Å². The fourth-order valence-electron chi connectivity index (χ4n) is 2.03. The lowest BCUT2D eigenvalue weighted by atomic mass is 10.1. The van der Waals surface area contributed by atoms with Crippen LogP contribution in [0.15, 0.2) is 42.7 Å². The van der Waals surface area contributed by atoms with Crippen molar-refractivity contribution < 1.29 is 9.53 Å². The third kappa shape index (κ3) is 4.28. The second-order valence-corrected chi connectivity index (χ2v) is 5.21. The van der Waals surface area contributed by atoms with Gasteiger partial charge in [0.1, 0.15) is 5.75 Å². The van der Waals surface area contributed by atoms with Crippen molar-refractivity contribution in [1.82, 2.24) is 9.88 Å². The van der Waals surface area contributed by atoms with Gasteiger partial charge in [0.25, 0.3) is 0 Å². The Morgan fingerprint density at radius 1 is 1.29 bits per heavy atom. The molecule has 1 heterocycles. The van der Waals surface area contributed by atoms with Crippen molar-refractivity contribution in [3.63, 3.8) is 0 Å². The first-order chi connectivity index (χ1) is 10.1. The summed E-state index contributed by atoms with van der Waals surface area (Å²) in [5.41, 5.74) is 1.70. The number of rotatable bonds is 6. The number of ether oxygens (including phenoxy) is 1. The zero-order valence-corrected chi connectivity index (χ0v) is 12.8. The van der Waals surface area contributed by atoms with Gasteiger partial charge in [-0.25, -0.2) is 0 Å². The minimum absolute atomic E-state index is 0.0242. The predicted molar refractivity (Wildman–Crippen MR) is 82.9 cm³/mol. The van der Waals surface area contributed by atoms with Crippen LogP contribution in [0.3, 0.4) is 0 Å². The van der Waals surface area contributed by atoms with Gasteiger partial charge in [0.2, 0.25) is 0 Å². The fraction of sp³-hybridized carbons (Fsp3) is 0.250. The number of hydrogen-bond donors (Lipinski definition) is 0. The van der Waals surface area contributed by atoms with Crippen molar-refractivity contribution in [3.8, 4) is 5.75 Å². The smallest absolute Gasteiger partial charge is 0.176 e. The molecule has 0 aliphatic heterocycles. The predicted octanol–water partition coefficient (Wildman–Crippen LogP) is 3.06. The van der Waals surface area contributed by atoms with Gasteiger partial charge in [0.05, 0.1) is 18.7 Å². The fourth-order valence-corrected chi connectivity index (χ4v) is 2.29. The normalized spacial score (nSPS) is 10.7. The summed E-state index contributed by atoms with van der Waals surface area (Å²) in [6.07, 6.45) is 3.49. The molecule has 1 aromatic heterocycles. The Morgan fingerprint density at radius 3 is 2.62 bits per heavy atom. The zero-order chi connectivity index (χ0) is 15.2.